The summed E-state index contributed by atoms with van der Waals surface area (Å²) in [6.45, 7) is 0. The van der Waals surface area contributed by atoms with Gasteiger partial charge in [0.15, 0.2) is 0 Å². The summed E-state index contributed by atoms with van der Waals surface area (Å²) in [4.78, 5) is 10.2. The van der Waals surface area contributed by atoms with Gasteiger partial charge in [0, 0.05) is 25.2 Å². The minimum atomic E-state index is -3.59. The Labute approximate surface area is 125 Å². The van der Waals surface area contributed by atoms with E-state index >= 15 is 0 Å². The van der Waals surface area contributed by atoms with Crippen molar-refractivity contribution in [3.63, 3.8) is 0 Å². The molecule has 0 atom stereocenters. The molecule has 1 saturated carbocycles. The summed E-state index contributed by atoms with van der Waals surface area (Å²) < 4.78 is 26.6. The Morgan fingerprint density at radius 3 is 2.10 bits per heavy atom. The van der Waals surface area contributed by atoms with Crippen molar-refractivity contribution >= 4 is 15.7 Å². The summed E-state index contributed by atoms with van der Waals surface area (Å²) in [5, 5.41) is 10.6. The molecule has 0 spiro atoms. The lowest BCUT2D eigenvalue weighted by Crippen LogP contribution is -2.36. The molecule has 1 aromatic rings. The molecular weight excluding hydrogens is 292 g/mol. The number of nitrogens with zero attached hydrogens (tertiary/aromatic N) is 2. The molecule has 0 radical (unpaired) electrons. The molecule has 21 heavy (non-hydrogen) atoms. The van der Waals surface area contributed by atoms with E-state index in [2.05, 4.69) is 0 Å². The summed E-state index contributed by atoms with van der Waals surface area (Å²) in [5.74, 6) is 0. The first-order chi connectivity index (χ1) is 9.93. The molecule has 0 unspecified atom stereocenters. The average Bonchev–Trinajstić information content (AvgIpc) is 2.75. The van der Waals surface area contributed by atoms with Crippen molar-refractivity contribution in [2.24, 2.45) is 0 Å². The van der Waals surface area contributed by atoms with E-state index in [4.69, 9.17) is 0 Å². The normalized spacial score (nSPS) is 17.6. The number of hydrogen-bond donors (Lipinski definition) is 0. The van der Waals surface area contributed by atoms with Crippen LogP contribution in [0.2, 0.25) is 0 Å². The van der Waals surface area contributed by atoms with Gasteiger partial charge in [0.2, 0.25) is 10.0 Å². The third kappa shape index (κ3) is 3.59. The molecular formula is C14H20N2O4S. The molecule has 0 aromatic heterocycles. The second kappa shape index (κ2) is 6.53. The number of nitro groups is 1. The van der Waals surface area contributed by atoms with Crippen LogP contribution in [-0.2, 0) is 10.0 Å². The van der Waals surface area contributed by atoms with Gasteiger partial charge < -0.3 is 0 Å². The Kier molecular flexibility index (Phi) is 4.95. The van der Waals surface area contributed by atoms with Gasteiger partial charge >= 0.3 is 0 Å². The Balaban J connectivity index is 2.21. The number of nitro benzene ring substituents is 1. The van der Waals surface area contributed by atoms with Gasteiger partial charge in [0.1, 0.15) is 0 Å². The Morgan fingerprint density at radius 1 is 1.10 bits per heavy atom. The Morgan fingerprint density at radius 2 is 1.62 bits per heavy atom. The van der Waals surface area contributed by atoms with Gasteiger partial charge in [-0.3, -0.25) is 10.1 Å². The maximum Gasteiger partial charge on any atom is 0.269 e. The molecule has 1 aliphatic carbocycles. The van der Waals surface area contributed by atoms with Crippen LogP contribution < -0.4 is 0 Å². The van der Waals surface area contributed by atoms with Gasteiger partial charge in [-0.25, -0.2) is 8.42 Å². The maximum atomic E-state index is 12.6. The van der Waals surface area contributed by atoms with E-state index in [1.165, 1.54) is 28.6 Å². The highest BCUT2D eigenvalue weighted by Gasteiger charge is 2.28. The molecule has 1 aromatic carbocycles. The van der Waals surface area contributed by atoms with Crippen LogP contribution in [0.3, 0.4) is 0 Å². The highest BCUT2D eigenvalue weighted by Crippen LogP contribution is 2.26. The van der Waals surface area contributed by atoms with Crippen molar-refractivity contribution in [3.8, 4) is 0 Å². The van der Waals surface area contributed by atoms with E-state index < -0.39 is 14.9 Å². The number of rotatable bonds is 4. The first kappa shape index (κ1) is 15.9. The second-order valence-electron chi connectivity index (χ2n) is 5.42. The zero-order valence-electron chi connectivity index (χ0n) is 12.1. The molecule has 7 heteroatoms. The van der Waals surface area contributed by atoms with E-state index in [0.29, 0.717) is 0 Å². The smallest absolute Gasteiger partial charge is 0.258 e. The van der Waals surface area contributed by atoms with Gasteiger partial charge in [-0.2, -0.15) is 4.31 Å². The SMILES string of the molecule is CN(C1CCCCCC1)S(=O)(=O)c1ccc([N+](=O)[O-])cc1. The van der Waals surface area contributed by atoms with E-state index in [-0.39, 0.29) is 16.6 Å². The molecule has 116 valence electrons. The average molecular weight is 312 g/mol. The van der Waals surface area contributed by atoms with Crippen molar-refractivity contribution in [2.45, 2.75) is 49.5 Å². The van der Waals surface area contributed by atoms with Gasteiger partial charge in [-0.1, -0.05) is 25.7 Å². The van der Waals surface area contributed by atoms with Crippen LogP contribution >= 0.6 is 0 Å². The molecule has 0 aliphatic heterocycles. The lowest BCUT2D eigenvalue weighted by atomic mass is 10.1. The summed E-state index contributed by atoms with van der Waals surface area (Å²) in [6.07, 6.45) is 6.16. The van der Waals surface area contributed by atoms with Crippen LogP contribution in [-0.4, -0.2) is 30.7 Å². The molecule has 0 N–H and O–H groups in total. The molecule has 0 amide bonds. The van der Waals surface area contributed by atoms with Gasteiger partial charge in [0.25, 0.3) is 5.69 Å². The molecule has 6 nitrogen and oxygen atoms in total. The molecule has 0 saturated heterocycles. The van der Waals surface area contributed by atoms with Crippen molar-refractivity contribution in [3.05, 3.63) is 34.4 Å². The monoisotopic (exact) mass is 312 g/mol. The predicted octanol–water partition coefficient (Wildman–Crippen LogP) is 2.94. The standard InChI is InChI=1S/C14H20N2O4S/c1-15(12-6-4-2-3-5-7-12)21(19,20)14-10-8-13(9-11-14)16(17)18/h8-12H,2-7H2,1H3. The lowest BCUT2D eigenvalue weighted by molar-refractivity contribution is -0.384. The van der Waals surface area contributed by atoms with Crippen LogP contribution in [0.15, 0.2) is 29.2 Å². The summed E-state index contributed by atoms with van der Waals surface area (Å²) in [6, 6.07) is 5.09. The van der Waals surface area contributed by atoms with Crippen molar-refractivity contribution in [1.29, 1.82) is 0 Å². The molecule has 1 fully saturated rings. The van der Waals surface area contributed by atoms with Crippen molar-refractivity contribution in [2.75, 3.05) is 7.05 Å². The van der Waals surface area contributed by atoms with Gasteiger partial charge in [-0.05, 0) is 25.0 Å². The molecule has 0 bridgehead atoms. The van der Waals surface area contributed by atoms with E-state index in [1.807, 2.05) is 0 Å². The van der Waals surface area contributed by atoms with Crippen LogP contribution in [0, 0.1) is 10.1 Å². The lowest BCUT2D eigenvalue weighted by Gasteiger charge is -2.26. The van der Waals surface area contributed by atoms with Crippen LogP contribution in [0.1, 0.15) is 38.5 Å². The fourth-order valence-electron chi connectivity index (χ4n) is 2.72. The van der Waals surface area contributed by atoms with Gasteiger partial charge in [0.05, 0.1) is 9.82 Å². The van der Waals surface area contributed by atoms with E-state index in [1.54, 1.807) is 7.05 Å². The summed E-state index contributed by atoms with van der Waals surface area (Å²) >= 11 is 0. The molecule has 1 aliphatic rings. The number of sulfonamides is 1. The second-order valence-corrected chi connectivity index (χ2v) is 7.42. The largest absolute Gasteiger partial charge is 0.269 e. The number of non-ortho nitro benzene ring substituents is 1. The van der Waals surface area contributed by atoms with Crippen LogP contribution in [0.5, 0.6) is 0 Å². The van der Waals surface area contributed by atoms with E-state index in [9.17, 15) is 18.5 Å². The Bertz CT molecular complexity index is 590. The quantitative estimate of drug-likeness (QED) is 0.486. The third-order valence-electron chi connectivity index (χ3n) is 4.06. The minimum Gasteiger partial charge on any atom is -0.258 e. The van der Waals surface area contributed by atoms with Crippen LogP contribution in [0.25, 0.3) is 0 Å². The molecule has 0 heterocycles. The predicted molar refractivity (Wildman–Crippen MR) is 79.5 cm³/mol. The zero-order valence-corrected chi connectivity index (χ0v) is 12.9. The number of benzene rings is 1. The van der Waals surface area contributed by atoms with E-state index in [0.717, 1.165) is 38.5 Å². The first-order valence-electron chi connectivity index (χ1n) is 7.15. The Hall–Kier alpha value is -1.47. The van der Waals surface area contributed by atoms with Crippen molar-refractivity contribution in [1.82, 2.24) is 4.31 Å². The summed E-state index contributed by atoms with van der Waals surface area (Å²) in [5.41, 5.74) is -0.105. The molecule has 2 rings (SSSR count). The highest BCUT2D eigenvalue weighted by molar-refractivity contribution is 7.89. The third-order valence-corrected chi connectivity index (χ3v) is 5.99. The fraction of sp³-hybridized carbons (Fsp3) is 0.571. The topological polar surface area (TPSA) is 80.5 Å². The summed E-state index contributed by atoms with van der Waals surface area (Å²) in [7, 11) is -1.98. The highest BCUT2D eigenvalue weighted by atomic mass is 32.2. The number of hydrogen-bond acceptors (Lipinski definition) is 4. The van der Waals surface area contributed by atoms with Crippen molar-refractivity contribution < 1.29 is 13.3 Å². The first-order valence-corrected chi connectivity index (χ1v) is 8.59. The maximum absolute atomic E-state index is 12.6. The van der Waals surface area contributed by atoms with Crippen LogP contribution in [0.4, 0.5) is 5.69 Å². The zero-order chi connectivity index (χ0) is 15.5. The van der Waals surface area contributed by atoms with Gasteiger partial charge in [-0.15, -0.1) is 0 Å². The fourth-order valence-corrected chi connectivity index (χ4v) is 4.14. The minimum absolute atomic E-state index is 0.0210.